The van der Waals surface area contributed by atoms with Gasteiger partial charge in [0.05, 0.1) is 0 Å². The first-order chi connectivity index (χ1) is 6.11. The van der Waals surface area contributed by atoms with Gasteiger partial charge in [0.15, 0.2) is 5.11 Å². The second-order valence-electron chi connectivity index (χ2n) is 3.14. The Morgan fingerprint density at radius 3 is 2.69 bits per heavy atom. The molecule has 0 fully saturated rings. The Labute approximate surface area is 85.8 Å². The minimum atomic E-state index is 0.498. The molecule has 0 rings (SSSR count). The fourth-order valence-corrected chi connectivity index (χ4v) is 1.03. The molecule has 1 atom stereocenters. The van der Waals surface area contributed by atoms with Crippen LogP contribution in [-0.2, 0) is 0 Å². The van der Waals surface area contributed by atoms with Crippen molar-refractivity contribution in [2.75, 3.05) is 20.1 Å². The topological polar surface area (TPSA) is 53.3 Å². The van der Waals surface area contributed by atoms with Gasteiger partial charge in [-0.25, -0.2) is 5.84 Å². The summed E-state index contributed by atoms with van der Waals surface area (Å²) in [5, 5.41) is 3.49. The lowest BCUT2D eigenvalue weighted by Gasteiger charge is -2.23. The average molecular weight is 204 g/mol. The van der Waals surface area contributed by atoms with Crippen molar-refractivity contribution in [1.82, 2.24) is 15.6 Å². The van der Waals surface area contributed by atoms with E-state index in [0.29, 0.717) is 11.2 Å². The highest BCUT2D eigenvalue weighted by Crippen LogP contribution is 1.97. The van der Waals surface area contributed by atoms with E-state index in [1.807, 2.05) is 0 Å². The summed E-state index contributed by atoms with van der Waals surface area (Å²) < 4.78 is 0. The molecule has 4 N–H and O–H groups in total. The third-order valence-electron chi connectivity index (χ3n) is 2.22. The molecule has 1 unspecified atom stereocenters. The minimum Gasteiger partial charge on any atom is -0.360 e. The standard InChI is InChI=1S/C8H20N4S/c1-4-7(2)12(3)6-5-10-8(13)11-9/h7H,4-6,9H2,1-3H3,(H2,10,11,13). The third kappa shape index (κ3) is 5.79. The number of hydrogen-bond donors (Lipinski definition) is 3. The van der Waals surface area contributed by atoms with Crippen LogP contribution in [0, 0.1) is 0 Å². The van der Waals surface area contributed by atoms with Crippen molar-refractivity contribution >= 4 is 17.3 Å². The molecule has 0 aliphatic heterocycles. The Morgan fingerprint density at radius 2 is 2.23 bits per heavy atom. The van der Waals surface area contributed by atoms with Gasteiger partial charge in [-0.15, -0.1) is 0 Å². The summed E-state index contributed by atoms with van der Waals surface area (Å²) in [5.41, 5.74) is 2.38. The summed E-state index contributed by atoms with van der Waals surface area (Å²) in [6.45, 7) is 6.18. The van der Waals surface area contributed by atoms with Crippen LogP contribution in [-0.4, -0.2) is 36.2 Å². The number of nitrogens with one attached hydrogen (secondary N) is 2. The van der Waals surface area contributed by atoms with Crippen LogP contribution < -0.4 is 16.6 Å². The number of nitrogens with two attached hydrogens (primary N) is 1. The Morgan fingerprint density at radius 1 is 1.62 bits per heavy atom. The van der Waals surface area contributed by atoms with Crippen molar-refractivity contribution in [2.24, 2.45) is 5.84 Å². The molecule has 0 amide bonds. The number of rotatable bonds is 5. The third-order valence-corrected chi connectivity index (χ3v) is 2.49. The Kier molecular flexibility index (Phi) is 6.84. The molecule has 0 heterocycles. The van der Waals surface area contributed by atoms with Crippen LogP contribution in [0.25, 0.3) is 0 Å². The fraction of sp³-hybridized carbons (Fsp3) is 0.875. The summed E-state index contributed by atoms with van der Waals surface area (Å²) in [6, 6.07) is 0.612. The van der Waals surface area contributed by atoms with Crippen LogP contribution >= 0.6 is 12.2 Å². The molecule has 0 bridgehead atoms. The van der Waals surface area contributed by atoms with Crippen molar-refractivity contribution in [3.8, 4) is 0 Å². The van der Waals surface area contributed by atoms with E-state index in [4.69, 9.17) is 18.1 Å². The maximum Gasteiger partial charge on any atom is 0.180 e. The molecule has 5 heteroatoms. The van der Waals surface area contributed by atoms with Gasteiger partial charge in [-0.2, -0.15) is 0 Å². The largest absolute Gasteiger partial charge is 0.360 e. The SMILES string of the molecule is CCC(C)N(C)CCNC(=S)NN. The molecule has 78 valence electrons. The van der Waals surface area contributed by atoms with E-state index in [1.165, 1.54) is 0 Å². The van der Waals surface area contributed by atoms with Gasteiger partial charge in [0, 0.05) is 19.1 Å². The lowest BCUT2D eigenvalue weighted by Crippen LogP contribution is -2.43. The average Bonchev–Trinajstić information content (AvgIpc) is 2.15. The van der Waals surface area contributed by atoms with Crippen molar-refractivity contribution in [2.45, 2.75) is 26.3 Å². The van der Waals surface area contributed by atoms with E-state index in [9.17, 15) is 0 Å². The minimum absolute atomic E-state index is 0.498. The maximum atomic E-state index is 5.11. The molecule has 0 saturated heterocycles. The monoisotopic (exact) mass is 204 g/mol. The van der Waals surface area contributed by atoms with E-state index < -0.39 is 0 Å². The second-order valence-corrected chi connectivity index (χ2v) is 3.55. The van der Waals surface area contributed by atoms with Crippen LogP contribution in [0.1, 0.15) is 20.3 Å². The van der Waals surface area contributed by atoms with Crippen molar-refractivity contribution < 1.29 is 0 Å². The molecule has 0 aromatic carbocycles. The van der Waals surface area contributed by atoms with Gasteiger partial charge in [-0.05, 0) is 32.6 Å². The van der Waals surface area contributed by atoms with Gasteiger partial charge >= 0.3 is 0 Å². The summed E-state index contributed by atoms with van der Waals surface area (Å²) in [4.78, 5) is 2.28. The number of likely N-dealkylation sites (N-methyl/N-ethyl adjacent to an activating group) is 1. The quantitative estimate of drug-likeness (QED) is 0.336. The number of hydrogen-bond acceptors (Lipinski definition) is 3. The van der Waals surface area contributed by atoms with Gasteiger partial charge < -0.3 is 15.6 Å². The van der Waals surface area contributed by atoms with E-state index >= 15 is 0 Å². The summed E-state index contributed by atoms with van der Waals surface area (Å²) in [7, 11) is 2.11. The second kappa shape index (κ2) is 7.06. The number of nitrogens with zero attached hydrogens (tertiary/aromatic N) is 1. The van der Waals surface area contributed by atoms with E-state index in [2.05, 4.69) is 36.5 Å². The highest BCUT2D eigenvalue weighted by molar-refractivity contribution is 7.80. The van der Waals surface area contributed by atoms with Crippen LogP contribution in [0.4, 0.5) is 0 Å². The van der Waals surface area contributed by atoms with Crippen LogP contribution in [0.3, 0.4) is 0 Å². The smallest absolute Gasteiger partial charge is 0.180 e. The Hall–Kier alpha value is -0.390. The summed E-state index contributed by atoms with van der Waals surface area (Å²) in [5.74, 6) is 5.11. The molecule has 0 aromatic rings. The number of hydrazine groups is 1. The predicted molar refractivity (Wildman–Crippen MR) is 60.3 cm³/mol. The Balaban J connectivity index is 3.47. The van der Waals surface area contributed by atoms with Crippen molar-refractivity contribution in [1.29, 1.82) is 0 Å². The highest BCUT2D eigenvalue weighted by Gasteiger charge is 2.05. The molecule has 0 spiro atoms. The fourth-order valence-electron chi connectivity index (χ4n) is 0.929. The molecule has 4 nitrogen and oxygen atoms in total. The van der Waals surface area contributed by atoms with Crippen LogP contribution in [0.2, 0.25) is 0 Å². The summed E-state index contributed by atoms with van der Waals surface area (Å²) >= 11 is 4.84. The van der Waals surface area contributed by atoms with Gasteiger partial charge in [0.25, 0.3) is 0 Å². The Bertz CT molecular complexity index is 151. The lowest BCUT2D eigenvalue weighted by molar-refractivity contribution is 0.256. The van der Waals surface area contributed by atoms with Crippen LogP contribution in [0.15, 0.2) is 0 Å². The molecule has 0 aliphatic carbocycles. The van der Waals surface area contributed by atoms with Gasteiger partial charge in [-0.1, -0.05) is 6.92 Å². The molecule has 0 saturated carbocycles. The lowest BCUT2D eigenvalue weighted by atomic mass is 10.2. The van der Waals surface area contributed by atoms with Gasteiger partial charge in [0.1, 0.15) is 0 Å². The molecule has 13 heavy (non-hydrogen) atoms. The normalized spacial score (nSPS) is 12.7. The first-order valence-corrected chi connectivity index (χ1v) is 4.97. The zero-order valence-electron chi connectivity index (χ0n) is 8.63. The zero-order valence-corrected chi connectivity index (χ0v) is 9.45. The highest BCUT2D eigenvalue weighted by atomic mass is 32.1. The summed E-state index contributed by atoms with van der Waals surface area (Å²) in [6.07, 6.45) is 1.16. The molecule has 0 radical (unpaired) electrons. The number of thiocarbonyl (C=S) groups is 1. The predicted octanol–water partition coefficient (Wildman–Crippen LogP) is 0.0545. The van der Waals surface area contributed by atoms with Gasteiger partial charge in [0.2, 0.25) is 0 Å². The zero-order chi connectivity index (χ0) is 10.3. The first-order valence-electron chi connectivity index (χ1n) is 4.56. The van der Waals surface area contributed by atoms with Crippen LogP contribution in [0.5, 0.6) is 0 Å². The maximum absolute atomic E-state index is 5.11. The van der Waals surface area contributed by atoms with Crippen molar-refractivity contribution in [3.05, 3.63) is 0 Å². The first kappa shape index (κ1) is 12.6. The van der Waals surface area contributed by atoms with E-state index in [1.54, 1.807) is 0 Å². The van der Waals surface area contributed by atoms with E-state index in [-0.39, 0.29) is 0 Å². The molecule has 0 aromatic heterocycles. The molecular formula is C8H20N4S. The van der Waals surface area contributed by atoms with Crippen molar-refractivity contribution in [3.63, 3.8) is 0 Å². The molecular weight excluding hydrogens is 184 g/mol. The van der Waals surface area contributed by atoms with E-state index in [0.717, 1.165) is 19.5 Å². The molecule has 0 aliphatic rings. The van der Waals surface area contributed by atoms with Gasteiger partial charge in [-0.3, -0.25) is 0 Å².